The van der Waals surface area contributed by atoms with Crippen LogP contribution in [-0.2, 0) is 0 Å². The second-order valence-electron chi connectivity index (χ2n) is 3.39. The number of rotatable bonds is 0. The van der Waals surface area contributed by atoms with Gasteiger partial charge in [0.1, 0.15) is 11.1 Å². The summed E-state index contributed by atoms with van der Waals surface area (Å²) in [5.74, 6) is 0. The number of oxazole rings is 1. The molecule has 3 heterocycles. The number of para-hydroxylation sites is 2. The van der Waals surface area contributed by atoms with Crippen molar-refractivity contribution in [1.29, 1.82) is 0 Å². The van der Waals surface area contributed by atoms with Crippen LogP contribution >= 0.6 is 11.3 Å². The third-order valence-electron chi connectivity index (χ3n) is 2.31. The normalized spacial score (nSPS) is 10.4. The second-order valence-corrected chi connectivity index (χ2v) is 4.34. The summed E-state index contributed by atoms with van der Waals surface area (Å²) >= 11 is 1.70. The minimum absolute atomic E-state index is 0.845. The molecule has 0 radical (unpaired) electrons. The molecule has 0 aliphatic carbocycles. The van der Waals surface area contributed by atoms with Gasteiger partial charge in [-0.05, 0) is 29.6 Å². The first kappa shape index (κ1) is 10.1. The van der Waals surface area contributed by atoms with Gasteiger partial charge in [-0.25, -0.2) is 4.98 Å². The summed E-state index contributed by atoms with van der Waals surface area (Å²) in [6.45, 7) is 0. The van der Waals surface area contributed by atoms with Gasteiger partial charge in [0.15, 0.2) is 12.0 Å². The molecule has 0 N–H and O–H groups in total. The molecule has 4 aromatic rings. The number of furan rings is 1. The van der Waals surface area contributed by atoms with E-state index in [4.69, 9.17) is 8.83 Å². The highest BCUT2D eigenvalue weighted by Gasteiger charge is 1.92. The zero-order chi connectivity index (χ0) is 11.5. The summed E-state index contributed by atoms with van der Waals surface area (Å²) in [4.78, 5) is 3.95. The lowest BCUT2D eigenvalue weighted by molar-refractivity contribution is 0.602. The van der Waals surface area contributed by atoms with Crippen LogP contribution in [0, 0.1) is 0 Å². The first-order valence-corrected chi connectivity index (χ1v) is 6.00. The van der Waals surface area contributed by atoms with Crippen LogP contribution in [-0.4, -0.2) is 4.98 Å². The Morgan fingerprint density at radius 3 is 2.76 bits per heavy atom. The van der Waals surface area contributed by atoms with Crippen LogP contribution in [0.15, 0.2) is 63.3 Å². The van der Waals surface area contributed by atoms with Crippen LogP contribution in [0.5, 0.6) is 0 Å². The molecule has 0 saturated carbocycles. The van der Waals surface area contributed by atoms with Crippen LogP contribution in [0.3, 0.4) is 0 Å². The number of hydrogen-bond donors (Lipinski definition) is 0. The Morgan fingerprint density at radius 2 is 1.88 bits per heavy atom. The summed E-state index contributed by atoms with van der Waals surface area (Å²) in [7, 11) is 0. The summed E-state index contributed by atoms with van der Waals surface area (Å²) < 4.78 is 11.3. The Kier molecular flexibility index (Phi) is 2.63. The van der Waals surface area contributed by atoms with Gasteiger partial charge in [-0.3, -0.25) is 0 Å². The van der Waals surface area contributed by atoms with Gasteiger partial charge in [0, 0.05) is 0 Å². The topological polar surface area (TPSA) is 39.2 Å². The Balaban J connectivity index is 0.000000107. The lowest BCUT2D eigenvalue weighted by Crippen LogP contribution is -1.61. The average Bonchev–Trinajstić information content (AvgIpc) is 3.06. The van der Waals surface area contributed by atoms with E-state index in [1.165, 1.54) is 11.1 Å². The average molecular weight is 243 g/mol. The van der Waals surface area contributed by atoms with E-state index in [0.29, 0.717) is 0 Å². The maximum Gasteiger partial charge on any atom is 0.181 e. The van der Waals surface area contributed by atoms with Crippen LogP contribution < -0.4 is 0 Å². The Hall–Kier alpha value is -2.07. The van der Waals surface area contributed by atoms with E-state index >= 15 is 0 Å². The largest absolute Gasteiger partial charge is 0.463 e. The molecule has 84 valence electrons. The van der Waals surface area contributed by atoms with Crippen molar-refractivity contribution in [3.05, 3.63) is 54.4 Å². The number of benzene rings is 1. The number of thiophene rings is 1. The molecule has 0 spiro atoms. The Bertz CT molecular complexity index is 641. The molecule has 0 fully saturated rings. The highest BCUT2D eigenvalue weighted by molar-refractivity contribution is 7.17. The smallest absolute Gasteiger partial charge is 0.181 e. The minimum atomic E-state index is 0.845. The highest BCUT2D eigenvalue weighted by Crippen LogP contribution is 2.20. The standard InChI is InChI=1S/C7H5NO.C6H4OS/c1-2-4-7-6(3-1)8-5-9-7;1-3-7-5-2-4-8-6(1)5/h1-5H;1-4H. The molecule has 3 nitrogen and oxygen atoms in total. The highest BCUT2D eigenvalue weighted by atomic mass is 32.1. The quantitative estimate of drug-likeness (QED) is 0.461. The molecule has 0 bridgehead atoms. The van der Waals surface area contributed by atoms with Gasteiger partial charge in [-0.1, -0.05) is 12.1 Å². The molecule has 0 atom stereocenters. The van der Waals surface area contributed by atoms with E-state index < -0.39 is 0 Å². The van der Waals surface area contributed by atoms with Gasteiger partial charge in [0.05, 0.1) is 11.0 Å². The van der Waals surface area contributed by atoms with Gasteiger partial charge in [0.25, 0.3) is 0 Å². The van der Waals surface area contributed by atoms with Gasteiger partial charge < -0.3 is 8.83 Å². The number of aromatic nitrogens is 1. The SMILES string of the molecule is c1cc2sccc2o1.c1ccc2ocnc2c1. The van der Waals surface area contributed by atoms with Crippen molar-refractivity contribution < 1.29 is 8.83 Å². The lowest BCUT2D eigenvalue weighted by atomic mass is 10.3. The third kappa shape index (κ3) is 2.07. The molecule has 0 amide bonds. The molecular formula is C13H9NO2S. The van der Waals surface area contributed by atoms with Crippen LogP contribution in [0.1, 0.15) is 0 Å². The fraction of sp³-hybridized carbons (Fsp3) is 0. The molecule has 3 aromatic heterocycles. The second kappa shape index (κ2) is 4.43. The summed E-state index contributed by atoms with van der Waals surface area (Å²) in [6.07, 6.45) is 3.16. The van der Waals surface area contributed by atoms with Gasteiger partial charge in [-0.15, -0.1) is 11.3 Å². The molecule has 0 aliphatic rings. The summed E-state index contributed by atoms with van der Waals surface area (Å²) in [5, 5.41) is 2.02. The van der Waals surface area contributed by atoms with Crippen molar-refractivity contribution in [3.8, 4) is 0 Å². The summed E-state index contributed by atoms with van der Waals surface area (Å²) in [5.41, 5.74) is 2.75. The number of hydrogen-bond acceptors (Lipinski definition) is 4. The van der Waals surface area contributed by atoms with Crippen molar-refractivity contribution in [2.45, 2.75) is 0 Å². The van der Waals surface area contributed by atoms with Crippen LogP contribution in [0.25, 0.3) is 21.4 Å². The first-order valence-electron chi connectivity index (χ1n) is 5.12. The number of nitrogens with zero attached hydrogens (tertiary/aromatic N) is 1. The van der Waals surface area contributed by atoms with Crippen molar-refractivity contribution in [2.24, 2.45) is 0 Å². The van der Waals surface area contributed by atoms with Gasteiger partial charge in [0.2, 0.25) is 0 Å². The molecular weight excluding hydrogens is 234 g/mol. The maximum atomic E-state index is 5.07. The van der Waals surface area contributed by atoms with E-state index in [-0.39, 0.29) is 0 Å². The zero-order valence-electron chi connectivity index (χ0n) is 8.87. The number of fused-ring (bicyclic) bond motifs is 2. The van der Waals surface area contributed by atoms with E-state index in [9.17, 15) is 0 Å². The first-order chi connectivity index (χ1) is 8.43. The minimum Gasteiger partial charge on any atom is -0.463 e. The Morgan fingerprint density at radius 1 is 0.941 bits per heavy atom. The molecule has 0 aliphatic heterocycles. The monoisotopic (exact) mass is 243 g/mol. The van der Waals surface area contributed by atoms with E-state index in [1.54, 1.807) is 17.6 Å². The van der Waals surface area contributed by atoms with E-state index in [2.05, 4.69) is 4.98 Å². The molecule has 17 heavy (non-hydrogen) atoms. The molecule has 4 heteroatoms. The van der Waals surface area contributed by atoms with Crippen LogP contribution in [0.4, 0.5) is 0 Å². The van der Waals surface area contributed by atoms with E-state index in [0.717, 1.165) is 16.7 Å². The van der Waals surface area contributed by atoms with Crippen molar-refractivity contribution >= 4 is 32.7 Å². The molecule has 4 rings (SSSR count). The lowest BCUT2D eigenvalue weighted by Gasteiger charge is -1.79. The zero-order valence-corrected chi connectivity index (χ0v) is 9.68. The van der Waals surface area contributed by atoms with Crippen LogP contribution in [0.2, 0.25) is 0 Å². The summed E-state index contributed by atoms with van der Waals surface area (Å²) in [6, 6.07) is 11.6. The van der Waals surface area contributed by atoms with Gasteiger partial charge in [-0.2, -0.15) is 0 Å². The third-order valence-corrected chi connectivity index (χ3v) is 3.17. The van der Waals surface area contributed by atoms with Crippen molar-refractivity contribution in [3.63, 3.8) is 0 Å². The predicted molar refractivity (Wildman–Crippen MR) is 68.1 cm³/mol. The molecule has 1 aromatic carbocycles. The van der Waals surface area contributed by atoms with Crippen molar-refractivity contribution in [2.75, 3.05) is 0 Å². The fourth-order valence-electron chi connectivity index (χ4n) is 1.50. The van der Waals surface area contributed by atoms with Gasteiger partial charge >= 0.3 is 0 Å². The molecule has 0 saturated heterocycles. The fourth-order valence-corrected chi connectivity index (χ4v) is 2.21. The van der Waals surface area contributed by atoms with Crippen molar-refractivity contribution in [1.82, 2.24) is 4.98 Å². The Labute approximate surface area is 101 Å². The molecule has 0 unspecified atom stereocenters. The maximum absolute atomic E-state index is 5.07. The predicted octanol–water partition coefficient (Wildman–Crippen LogP) is 4.32. The van der Waals surface area contributed by atoms with E-state index in [1.807, 2.05) is 41.8 Å².